The summed E-state index contributed by atoms with van der Waals surface area (Å²) >= 11 is 0. The Balaban J connectivity index is 1.50. The maximum Gasteiger partial charge on any atom is 0.522 e. The molecule has 2 fully saturated rings. The predicted molar refractivity (Wildman–Crippen MR) is 68.4 cm³/mol. The second kappa shape index (κ2) is 7.47. The third kappa shape index (κ3) is 5.98. The van der Waals surface area contributed by atoms with E-state index < -0.39 is 18.6 Å². The van der Waals surface area contributed by atoms with Crippen LogP contribution in [0, 0.1) is 5.92 Å². The average Bonchev–Trinajstić information content (AvgIpc) is 2.35. The molecule has 6 nitrogen and oxygen atoms in total. The molecule has 128 valence electrons. The van der Waals surface area contributed by atoms with Crippen molar-refractivity contribution in [3.8, 4) is 0 Å². The molecule has 0 aromatic carbocycles. The summed E-state index contributed by atoms with van der Waals surface area (Å²) < 4.78 is 50.7. The molecule has 1 amide bonds. The van der Waals surface area contributed by atoms with E-state index in [2.05, 4.69) is 10.1 Å². The van der Waals surface area contributed by atoms with Crippen LogP contribution >= 0.6 is 0 Å². The minimum absolute atomic E-state index is 0.0888. The van der Waals surface area contributed by atoms with Gasteiger partial charge in [-0.1, -0.05) is 0 Å². The Bertz CT molecular complexity index is 365. The third-order valence-electron chi connectivity index (χ3n) is 3.85. The fraction of sp³-hybridized carbons (Fsp3) is 0.923. The number of alkyl halides is 3. The largest absolute Gasteiger partial charge is 0.522 e. The minimum Gasteiger partial charge on any atom is -0.465 e. The fourth-order valence-electron chi connectivity index (χ4n) is 2.69. The van der Waals surface area contributed by atoms with Gasteiger partial charge in [-0.25, -0.2) is 4.79 Å². The first kappa shape index (κ1) is 17.3. The average molecular weight is 327 g/mol. The van der Waals surface area contributed by atoms with Gasteiger partial charge in [0.25, 0.3) is 0 Å². The Morgan fingerprint density at radius 2 is 2.00 bits per heavy atom. The molecule has 0 bridgehead atoms. The molecule has 2 aliphatic rings. The number of ether oxygens (including phenoxy) is 3. The lowest BCUT2D eigenvalue weighted by atomic mass is 9.83. The van der Waals surface area contributed by atoms with Crippen LogP contribution in [0.1, 0.15) is 25.7 Å². The number of hydrogen-bond acceptors (Lipinski definition) is 4. The van der Waals surface area contributed by atoms with Crippen LogP contribution in [0.2, 0.25) is 0 Å². The molecule has 0 aromatic rings. The zero-order valence-corrected chi connectivity index (χ0v) is 12.0. The molecular weight excluding hydrogens is 307 g/mol. The van der Waals surface area contributed by atoms with Crippen molar-refractivity contribution in [1.29, 1.82) is 0 Å². The van der Waals surface area contributed by atoms with Gasteiger partial charge in [0.1, 0.15) is 0 Å². The van der Waals surface area contributed by atoms with Gasteiger partial charge < -0.3 is 19.9 Å². The molecule has 0 unspecified atom stereocenters. The Hall–Kier alpha value is -1.06. The van der Waals surface area contributed by atoms with E-state index in [0.29, 0.717) is 45.5 Å². The Labute approximate surface area is 125 Å². The summed E-state index contributed by atoms with van der Waals surface area (Å²) in [6.07, 6.45) is -4.38. The van der Waals surface area contributed by atoms with Crippen LogP contribution < -0.4 is 5.32 Å². The molecule has 2 atom stereocenters. The molecule has 9 heteroatoms. The molecule has 22 heavy (non-hydrogen) atoms. The quantitative estimate of drug-likeness (QED) is 0.781. The minimum atomic E-state index is -4.56. The maximum atomic E-state index is 11.9. The van der Waals surface area contributed by atoms with Gasteiger partial charge in [-0.05, 0) is 31.6 Å². The molecule has 1 aliphatic heterocycles. The summed E-state index contributed by atoms with van der Waals surface area (Å²) in [6.45, 7) is 1.08. The SMILES string of the molecule is O=C(O)N[C@@H]1CC[C@@H](COCC2CC(OC(F)(F)F)C2)OC1. The van der Waals surface area contributed by atoms with Crippen LogP contribution in [0.15, 0.2) is 0 Å². The number of hydrogen-bond donors (Lipinski definition) is 2. The number of carbonyl (C=O) groups is 1. The van der Waals surface area contributed by atoms with Crippen LogP contribution in [-0.4, -0.2) is 55.6 Å². The van der Waals surface area contributed by atoms with Crippen molar-refractivity contribution < 1.29 is 37.3 Å². The highest BCUT2D eigenvalue weighted by molar-refractivity contribution is 5.64. The lowest BCUT2D eigenvalue weighted by molar-refractivity contribution is -0.355. The highest BCUT2D eigenvalue weighted by atomic mass is 19.4. The van der Waals surface area contributed by atoms with Gasteiger partial charge in [0.2, 0.25) is 0 Å². The third-order valence-corrected chi connectivity index (χ3v) is 3.85. The molecule has 1 aliphatic carbocycles. The molecule has 1 saturated carbocycles. The molecule has 2 N–H and O–H groups in total. The first-order valence-corrected chi connectivity index (χ1v) is 7.25. The summed E-state index contributed by atoms with van der Waals surface area (Å²) in [5.74, 6) is 0.0948. The van der Waals surface area contributed by atoms with Gasteiger partial charge in [-0.2, -0.15) is 0 Å². The Kier molecular flexibility index (Phi) is 5.87. The zero-order valence-electron chi connectivity index (χ0n) is 12.0. The van der Waals surface area contributed by atoms with Crippen molar-refractivity contribution in [2.75, 3.05) is 19.8 Å². The Morgan fingerprint density at radius 1 is 1.27 bits per heavy atom. The van der Waals surface area contributed by atoms with Crippen molar-refractivity contribution in [3.63, 3.8) is 0 Å². The molecule has 0 spiro atoms. The summed E-state index contributed by atoms with van der Waals surface area (Å²) in [5, 5.41) is 11.0. The normalized spacial score (nSPS) is 32.3. The molecule has 0 aromatic heterocycles. The number of carboxylic acid groups (broad SMARTS) is 1. The topological polar surface area (TPSA) is 77.0 Å². The smallest absolute Gasteiger partial charge is 0.465 e. The second-order valence-corrected chi connectivity index (χ2v) is 5.74. The lowest BCUT2D eigenvalue weighted by Crippen LogP contribution is -2.43. The van der Waals surface area contributed by atoms with Crippen LogP contribution in [0.4, 0.5) is 18.0 Å². The van der Waals surface area contributed by atoms with Crippen molar-refractivity contribution in [2.24, 2.45) is 5.92 Å². The van der Waals surface area contributed by atoms with Gasteiger partial charge in [0.15, 0.2) is 0 Å². The van der Waals surface area contributed by atoms with E-state index in [0.717, 1.165) is 0 Å². The second-order valence-electron chi connectivity index (χ2n) is 5.74. The molecular formula is C13H20F3NO5. The van der Waals surface area contributed by atoms with Gasteiger partial charge in [0.05, 0.1) is 31.5 Å². The van der Waals surface area contributed by atoms with Gasteiger partial charge in [-0.15, -0.1) is 13.2 Å². The van der Waals surface area contributed by atoms with Gasteiger partial charge >= 0.3 is 12.5 Å². The fourth-order valence-corrected chi connectivity index (χ4v) is 2.69. The summed E-state index contributed by atoms with van der Waals surface area (Å²) in [7, 11) is 0. The Morgan fingerprint density at radius 3 is 2.55 bits per heavy atom. The predicted octanol–water partition coefficient (Wildman–Crippen LogP) is 2.13. The highest BCUT2D eigenvalue weighted by Crippen LogP contribution is 2.34. The lowest BCUT2D eigenvalue weighted by Gasteiger charge is -2.35. The van der Waals surface area contributed by atoms with Crippen molar-refractivity contribution in [2.45, 2.75) is 50.3 Å². The number of nitrogens with one attached hydrogen (secondary N) is 1. The van der Waals surface area contributed by atoms with Gasteiger partial charge in [0, 0.05) is 6.61 Å². The summed E-state index contributed by atoms with van der Waals surface area (Å²) in [5.41, 5.74) is 0. The van der Waals surface area contributed by atoms with Crippen molar-refractivity contribution in [3.05, 3.63) is 0 Å². The van der Waals surface area contributed by atoms with Gasteiger partial charge in [-0.3, -0.25) is 4.74 Å². The highest BCUT2D eigenvalue weighted by Gasteiger charge is 2.40. The number of rotatable bonds is 6. The molecule has 1 saturated heterocycles. The van der Waals surface area contributed by atoms with Crippen LogP contribution in [0.5, 0.6) is 0 Å². The first-order valence-electron chi connectivity index (χ1n) is 7.25. The van der Waals surface area contributed by atoms with E-state index in [1.165, 1.54) is 0 Å². The van der Waals surface area contributed by atoms with Crippen LogP contribution in [0.3, 0.4) is 0 Å². The van der Waals surface area contributed by atoms with E-state index in [9.17, 15) is 18.0 Å². The van der Waals surface area contributed by atoms with Crippen molar-refractivity contribution in [1.82, 2.24) is 5.32 Å². The monoisotopic (exact) mass is 327 g/mol. The molecule has 0 radical (unpaired) electrons. The standard InChI is InChI=1S/C13H20F3NO5/c14-13(15,16)22-11-3-8(4-11)5-20-7-10-2-1-9(6-21-10)17-12(18)19/h8-11,17H,1-7H2,(H,18,19)/t8?,9-,10+,11?/m1/s1. The molecule has 1 heterocycles. The molecule has 2 rings (SSSR count). The number of amides is 1. The van der Waals surface area contributed by atoms with E-state index in [1.54, 1.807) is 0 Å². The number of halogens is 3. The summed E-state index contributed by atoms with van der Waals surface area (Å²) in [4.78, 5) is 10.5. The van der Waals surface area contributed by atoms with E-state index in [1.807, 2.05) is 0 Å². The van der Waals surface area contributed by atoms with E-state index >= 15 is 0 Å². The maximum absolute atomic E-state index is 11.9. The van der Waals surface area contributed by atoms with Crippen LogP contribution in [0.25, 0.3) is 0 Å². The van der Waals surface area contributed by atoms with Crippen molar-refractivity contribution >= 4 is 6.09 Å². The van der Waals surface area contributed by atoms with E-state index in [4.69, 9.17) is 14.6 Å². The van der Waals surface area contributed by atoms with E-state index in [-0.39, 0.29) is 18.1 Å². The first-order chi connectivity index (χ1) is 10.3. The zero-order chi connectivity index (χ0) is 16.2. The summed E-state index contributed by atoms with van der Waals surface area (Å²) in [6, 6.07) is -0.194. The van der Waals surface area contributed by atoms with Crippen LogP contribution in [-0.2, 0) is 14.2 Å².